The van der Waals surface area contributed by atoms with Crippen molar-refractivity contribution < 1.29 is 14.3 Å². The third-order valence-electron chi connectivity index (χ3n) is 3.22. The van der Waals surface area contributed by atoms with Gasteiger partial charge < -0.3 is 14.8 Å². The molecule has 94 valence electrons. The van der Waals surface area contributed by atoms with Crippen LogP contribution in [0.3, 0.4) is 0 Å². The van der Waals surface area contributed by atoms with Crippen LogP contribution in [0.15, 0.2) is 30.4 Å². The minimum Gasteiger partial charge on any atom is -0.454 e. The first-order valence-corrected chi connectivity index (χ1v) is 6.17. The minimum absolute atomic E-state index is 0.0467. The van der Waals surface area contributed by atoms with Gasteiger partial charge in [-0.2, -0.15) is 0 Å². The predicted octanol–water partition coefficient (Wildman–Crippen LogP) is 2.71. The molecule has 0 bridgehead atoms. The standard InChI is InChI=1S/C14H15NO3/c16-14(7-10-3-1-2-4-10)15-11-5-6-12-13(8-11)18-9-17-12/h1,3,5-6,8,10H,2,4,7,9H2,(H,15,16)/t10-/m1/s1. The van der Waals surface area contributed by atoms with Crippen molar-refractivity contribution in [1.29, 1.82) is 0 Å². The van der Waals surface area contributed by atoms with Crippen LogP contribution in [0.5, 0.6) is 11.5 Å². The molecule has 0 saturated carbocycles. The summed E-state index contributed by atoms with van der Waals surface area (Å²) in [5.74, 6) is 1.85. The Balaban J connectivity index is 1.61. The molecule has 1 amide bonds. The molecule has 1 aromatic rings. The molecule has 4 heteroatoms. The van der Waals surface area contributed by atoms with Gasteiger partial charge >= 0.3 is 0 Å². The zero-order valence-corrected chi connectivity index (χ0v) is 10.0. The molecule has 0 unspecified atom stereocenters. The first-order valence-electron chi connectivity index (χ1n) is 6.17. The van der Waals surface area contributed by atoms with Crippen LogP contribution in [0.25, 0.3) is 0 Å². The number of hydrogen-bond donors (Lipinski definition) is 1. The maximum atomic E-state index is 11.9. The van der Waals surface area contributed by atoms with E-state index < -0.39 is 0 Å². The van der Waals surface area contributed by atoms with Crippen molar-refractivity contribution in [2.24, 2.45) is 5.92 Å². The average molecular weight is 245 g/mol. The molecule has 4 nitrogen and oxygen atoms in total. The number of carbonyl (C=O) groups is 1. The molecule has 0 aromatic heterocycles. The molecule has 1 aliphatic carbocycles. The van der Waals surface area contributed by atoms with Crippen LogP contribution in [0.4, 0.5) is 5.69 Å². The Morgan fingerprint density at radius 3 is 3.06 bits per heavy atom. The number of carbonyl (C=O) groups excluding carboxylic acids is 1. The van der Waals surface area contributed by atoms with Crippen LogP contribution in [0.2, 0.25) is 0 Å². The highest BCUT2D eigenvalue weighted by Crippen LogP contribution is 2.34. The topological polar surface area (TPSA) is 47.6 Å². The first kappa shape index (κ1) is 11.1. The summed E-state index contributed by atoms with van der Waals surface area (Å²) in [6, 6.07) is 5.44. The molecule has 3 rings (SSSR count). The van der Waals surface area contributed by atoms with E-state index in [4.69, 9.17) is 9.47 Å². The van der Waals surface area contributed by atoms with E-state index in [1.165, 1.54) is 0 Å². The fourth-order valence-electron chi connectivity index (χ4n) is 2.29. The molecular formula is C14H15NO3. The number of allylic oxidation sites excluding steroid dienone is 2. The Bertz CT molecular complexity index is 496. The zero-order chi connectivity index (χ0) is 12.4. The lowest BCUT2D eigenvalue weighted by Crippen LogP contribution is -2.14. The van der Waals surface area contributed by atoms with Crippen LogP contribution >= 0.6 is 0 Å². The van der Waals surface area contributed by atoms with Gasteiger partial charge in [-0.1, -0.05) is 12.2 Å². The summed E-state index contributed by atoms with van der Waals surface area (Å²) in [6.45, 7) is 0.250. The number of benzene rings is 1. The zero-order valence-electron chi connectivity index (χ0n) is 10.0. The third-order valence-corrected chi connectivity index (χ3v) is 3.22. The number of nitrogens with one attached hydrogen (secondary N) is 1. The van der Waals surface area contributed by atoms with Gasteiger partial charge in [0.2, 0.25) is 12.7 Å². The van der Waals surface area contributed by atoms with Crippen LogP contribution in [0.1, 0.15) is 19.3 Å². The minimum atomic E-state index is 0.0467. The molecule has 1 aliphatic heterocycles. The molecular weight excluding hydrogens is 230 g/mol. The van der Waals surface area contributed by atoms with Gasteiger partial charge in [0.05, 0.1) is 0 Å². The number of rotatable bonds is 3. The van der Waals surface area contributed by atoms with E-state index >= 15 is 0 Å². The van der Waals surface area contributed by atoms with Crippen molar-refractivity contribution >= 4 is 11.6 Å². The van der Waals surface area contributed by atoms with Crippen LogP contribution in [-0.4, -0.2) is 12.7 Å². The molecule has 0 fully saturated rings. The summed E-state index contributed by atoms with van der Waals surface area (Å²) in [5.41, 5.74) is 0.756. The van der Waals surface area contributed by atoms with E-state index in [1.54, 1.807) is 6.07 Å². The van der Waals surface area contributed by atoms with E-state index in [-0.39, 0.29) is 12.7 Å². The Morgan fingerprint density at radius 2 is 2.22 bits per heavy atom. The van der Waals surface area contributed by atoms with Crippen molar-refractivity contribution in [3.63, 3.8) is 0 Å². The summed E-state index contributed by atoms with van der Waals surface area (Å²) in [4.78, 5) is 11.9. The molecule has 0 radical (unpaired) electrons. The van der Waals surface area contributed by atoms with Crippen molar-refractivity contribution in [3.05, 3.63) is 30.4 Å². The lowest BCUT2D eigenvalue weighted by molar-refractivity contribution is -0.116. The highest BCUT2D eigenvalue weighted by molar-refractivity contribution is 5.91. The molecule has 2 aliphatic rings. The molecule has 0 saturated heterocycles. The van der Waals surface area contributed by atoms with Gasteiger partial charge in [-0.15, -0.1) is 0 Å². The molecule has 1 aromatic carbocycles. The predicted molar refractivity (Wildman–Crippen MR) is 67.7 cm³/mol. The summed E-state index contributed by atoms with van der Waals surface area (Å²) in [6.07, 6.45) is 6.97. The van der Waals surface area contributed by atoms with Gasteiger partial charge in [0.25, 0.3) is 0 Å². The molecule has 1 atom stereocenters. The van der Waals surface area contributed by atoms with Crippen molar-refractivity contribution in [2.45, 2.75) is 19.3 Å². The van der Waals surface area contributed by atoms with Gasteiger partial charge in [-0.25, -0.2) is 0 Å². The van der Waals surface area contributed by atoms with Crippen molar-refractivity contribution in [2.75, 3.05) is 12.1 Å². The van der Waals surface area contributed by atoms with E-state index in [0.717, 1.165) is 24.3 Å². The normalized spacial score (nSPS) is 20.1. The first-order chi connectivity index (χ1) is 8.81. The molecule has 0 spiro atoms. The maximum absolute atomic E-state index is 11.9. The molecule has 1 N–H and O–H groups in total. The second-order valence-electron chi connectivity index (χ2n) is 4.59. The quantitative estimate of drug-likeness (QED) is 0.833. The van der Waals surface area contributed by atoms with Crippen molar-refractivity contribution in [3.8, 4) is 11.5 Å². The van der Waals surface area contributed by atoms with Crippen molar-refractivity contribution in [1.82, 2.24) is 0 Å². The molecule has 18 heavy (non-hydrogen) atoms. The van der Waals surface area contributed by atoms with Crippen LogP contribution in [0, 0.1) is 5.92 Å². The van der Waals surface area contributed by atoms with E-state index in [9.17, 15) is 4.79 Å². The van der Waals surface area contributed by atoms with Gasteiger partial charge in [-0.3, -0.25) is 4.79 Å². The van der Waals surface area contributed by atoms with Gasteiger partial charge in [0, 0.05) is 18.2 Å². The smallest absolute Gasteiger partial charge is 0.231 e. The van der Waals surface area contributed by atoms with E-state index in [0.29, 0.717) is 18.1 Å². The van der Waals surface area contributed by atoms with Crippen LogP contribution in [-0.2, 0) is 4.79 Å². The Kier molecular flexibility index (Phi) is 2.92. The highest BCUT2D eigenvalue weighted by atomic mass is 16.7. The monoisotopic (exact) mass is 245 g/mol. The fraction of sp³-hybridized carbons (Fsp3) is 0.357. The lowest BCUT2D eigenvalue weighted by atomic mass is 10.1. The number of amides is 1. The fourth-order valence-corrected chi connectivity index (χ4v) is 2.29. The second kappa shape index (κ2) is 4.72. The summed E-state index contributed by atoms with van der Waals surface area (Å²) < 4.78 is 10.5. The largest absolute Gasteiger partial charge is 0.454 e. The van der Waals surface area contributed by atoms with E-state index in [1.807, 2.05) is 12.1 Å². The number of hydrogen-bond acceptors (Lipinski definition) is 3. The van der Waals surface area contributed by atoms with E-state index in [2.05, 4.69) is 17.5 Å². The van der Waals surface area contributed by atoms with Gasteiger partial charge in [-0.05, 0) is 30.9 Å². The highest BCUT2D eigenvalue weighted by Gasteiger charge is 2.16. The van der Waals surface area contributed by atoms with Crippen LogP contribution < -0.4 is 14.8 Å². The molecule has 1 heterocycles. The second-order valence-corrected chi connectivity index (χ2v) is 4.59. The average Bonchev–Trinajstić information content (AvgIpc) is 2.98. The Morgan fingerprint density at radius 1 is 1.33 bits per heavy atom. The Labute approximate surface area is 106 Å². The summed E-state index contributed by atoms with van der Waals surface area (Å²) >= 11 is 0. The summed E-state index contributed by atoms with van der Waals surface area (Å²) in [5, 5.41) is 2.89. The SMILES string of the molecule is O=C(C[C@@H]1C=CCC1)Nc1ccc2c(c1)OCO2. The number of fused-ring (bicyclic) bond motifs is 1. The Hall–Kier alpha value is -1.97. The third kappa shape index (κ3) is 2.32. The van der Waals surface area contributed by atoms with Gasteiger partial charge in [0.15, 0.2) is 11.5 Å². The van der Waals surface area contributed by atoms with Gasteiger partial charge in [0.1, 0.15) is 0 Å². The summed E-state index contributed by atoms with van der Waals surface area (Å²) in [7, 11) is 0. The number of anilines is 1. The lowest BCUT2D eigenvalue weighted by Gasteiger charge is -2.09. The maximum Gasteiger partial charge on any atom is 0.231 e. The number of ether oxygens (including phenoxy) is 2.